The van der Waals surface area contributed by atoms with Crippen LogP contribution in [0.4, 0.5) is 4.79 Å². The van der Waals surface area contributed by atoms with Gasteiger partial charge in [0.05, 0.1) is 4.90 Å². The molecule has 0 aliphatic heterocycles. The highest BCUT2D eigenvalue weighted by Crippen LogP contribution is 2.22. The molecule has 0 spiro atoms. The van der Waals surface area contributed by atoms with Crippen LogP contribution in [0.5, 0.6) is 0 Å². The number of amides is 1. The fourth-order valence-corrected chi connectivity index (χ4v) is 3.92. The van der Waals surface area contributed by atoms with E-state index in [2.05, 4.69) is 11.9 Å². The van der Waals surface area contributed by atoms with E-state index in [0.29, 0.717) is 6.42 Å². The van der Waals surface area contributed by atoms with Crippen LogP contribution in [0.3, 0.4) is 0 Å². The Labute approximate surface area is 145 Å². The van der Waals surface area contributed by atoms with E-state index in [1.54, 1.807) is 45.0 Å². The monoisotopic (exact) mass is 353 g/mol. The molecule has 1 N–H and O–H groups in total. The zero-order valence-electron chi connectivity index (χ0n) is 14.8. The Hall–Kier alpha value is -1.82. The summed E-state index contributed by atoms with van der Waals surface area (Å²) in [6, 6.07) is 8.11. The summed E-state index contributed by atoms with van der Waals surface area (Å²) >= 11 is 0. The molecule has 1 aromatic carbocycles. The molecular weight excluding hydrogens is 326 g/mol. The van der Waals surface area contributed by atoms with E-state index >= 15 is 0 Å². The number of hydrogen-bond donors (Lipinski definition) is 1. The van der Waals surface area contributed by atoms with E-state index in [9.17, 15) is 13.2 Å². The quantitative estimate of drug-likeness (QED) is 0.754. The Bertz CT molecular complexity index is 647. The van der Waals surface area contributed by atoms with Crippen molar-refractivity contribution in [2.45, 2.75) is 56.4 Å². The van der Waals surface area contributed by atoms with Gasteiger partial charge in [-0.3, -0.25) is 0 Å². The van der Waals surface area contributed by atoms with Gasteiger partial charge in [-0.05, 0) is 51.7 Å². The minimum absolute atomic E-state index is 0.0564. The molecular formula is C18H27NO4S. The van der Waals surface area contributed by atoms with Gasteiger partial charge in [-0.1, -0.05) is 31.2 Å². The summed E-state index contributed by atoms with van der Waals surface area (Å²) in [5.41, 5.74) is -0.697. The number of nitrogens with one attached hydrogen (secondary N) is 1. The Morgan fingerprint density at radius 2 is 1.88 bits per heavy atom. The van der Waals surface area contributed by atoms with Crippen LogP contribution in [0.1, 0.15) is 40.5 Å². The second-order valence-electron chi connectivity index (χ2n) is 6.86. The van der Waals surface area contributed by atoms with E-state index in [1.807, 2.05) is 6.92 Å². The number of rotatable bonds is 7. The van der Waals surface area contributed by atoms with Crippen molar-refractivity contribution in [3.8, 4) is 0 Å². The lowest BCUT2D eigenvalue weighted by molar-refractivity contribution is 0.0516. The van der Waals surface area contributed by atoms with Crippen molar-refractivity contribution in [1.29, 1.82) is 0 Å². The summed E-state index contributed by atoms with van der Waals surface area (Å²) in [4.78, 5) is 12.2. The minimum Gasteiger partial charge on any atom is -0.444 e. The number of alkyl carbamates (subject to hydrolysis) is 1. The lowest BCUT2D eigenvalue weighted by Gasteiger charge is -2.25. The molecule has 5 nitrogen and oxygen atoms in total. The first kappa shape index (κ1) is 20.2. The first-order chi connectivity index (χ1) is 11.1. The Balaban J connectivity index is 3.05. The number of carbonyl (C=O) groups excluding carboxylic acids is 1. The van der Waals surface area contributed by atoms with Crippen LogP contribution < -0.4 is 5.32 Å². The van der Waals surface area contributed by atoms with Crippen molar-refractivity contribution >= 4 is 15.9 Å². The van der Waals surface area contributed by atoms with Gasteiger partial charge in [0.15, 0.2) is 9.84 Å². The molecule has 1 rings (SSSR count). The Kier molecular flexibility index (Phi) is 7.02. The average molecular weight is 353 g/mol. The number of hydrogen-bond acceptors (Lipinski definition) is 4. The van der Waals surface area contributed by atoms with Crippen LogP contribution in [-0.2, 0) is 14.6 Å². The fourth-order valence-electron chi connectivity index (χ4n) is 2.22. The normalized spacial score (nSPS) is 14.5. The van der Waals surface area contributed by atoms with E-state index in [1.165, 1.54) is 12.1 Å². The average Bonchev–Trinajstić information content (AvgIpc) is 2.45. The summed E-state index contributed by atoms with van der Waals surface area (Å²) in [6.45, 7) is 10.8. The molecule has 0 aromatic heterocycles. The van der Waals surface area contributed by atoms with Crippen LogP contribution in [-0.4, -0.2) is 25.5 Å². The highest BCUT2D eigenvalue weighted by Gasteiger charge is 2.31. The number of allylic oxidation sites excluding steroid dienone is 1. The molecule has 0 saturated carbocycles. The molecule has 2 atom stereocenters. The molecule has 0 aliphatic carbocycles. The first-order valence-corrected chi connectivity index (χ1v) is 9.50. The van der Waals surface area contributed by atoms with Gasteiger partial charge >= 0.3 is 6.09 Å². The molecule has 134 valence electrons. The molecule has 0 fully saturated rings. The van der Waals surface area contributed by atoms with Crippen molar-refractivity contribution in [2.75, 3.05) is 0 Å². The zero-order chi connectivity index (χ0) is 18.4. The van der Waals surface area contributed by atoms with Crippen LogP contribution in [0.2, 0.25) is 0 Å². The van der Waals surface area contributed by atoms with E-state index in [4.69, 9.17) is 4.74 Å². The van der Waals surface area contributed by atoms with Crippen molar-refractivity contribution in [3.63, 3.8) is 0 Å². The van der Waals surface area contributed by atoms with Gasteiger partial charge in [-0.25, -0.2) is 13.2 Å². The van der Waals surface area contributed by atoms with Crippen molar-refractivity contribution in [3.05, 3.63) is 43.0 Å². The molecule has 0 radical (unpaired) electrons. The smallest absolute Gasteiger partial charge is 0.408 e. The number of ether oxygens (including phenoxy) is 1. The van der Waals surface area contributed by atoms with Crippen molar-refractivity contribution < 1.29 is 17.9 Å². The van der Waals surface area contributed by atoms with E-state index in [0.717, 1.165) is 0 Å². The van der Waals surface area contributed by atoms with Gasteiger partial charge < -0.3 is 10.1 Å². The van der Waals surface area contributed by atoms with Crippen LogP contribution in [0, 0.1) is 5.92 Å². The summed E-state index contributed by atoms with van der Waals surface area (Å²) in [5.74, 6) is 0.0564. The van der Waals surface area contributed by atoms with Gasteiger partial charge in [-0.2, -0.15) is 0 Å². The molecule has 0 saturated heterocycles. The van der Waals surface area contributed by atoms with Gasteiger partial charge in [0.25, 0.3) is 0 Å². The van der Waals surface area contributed by atoms with Crippen molar-refractivity contribution in [2.24, 2.45) is 5.92 Å². The topological polar surface area (TPSA) is 72.5 Å². The van der Waals surface area contributed by atoms with Gasteiger partial charge in [0.2, 0.25) is 0 Å². The minimum atomic E-state index is -3.71. The molecule has 0 heterocycles. The third kappa shape index (κ3) is 6.35. The second kappa shape index (κ2) is 8.33. The molecule has 1 aromatic rings. The third-order valence-corrected chi connectivity index (χ3v) is 5.30. The maximum atomic E-state index is 12.9. The molecule has 6 heteroatoms. The third-order valence-electron chi connectivity index (χ3n) is 3.31. The summed E-state index contributed by atoms with van der Waals surface area (Å²) in [6.07, 6.45) is 1.95. The SMILES string of the molecule is C=CCC(C)C[C@H](NC(=O)OC(C)(C)C)S(=O)(=O)c1ccccc1. The second-order valence-corrected chi connectivity index (χ2v) is 8.99. The standard InChI is InChI=1S/C18H27NO4S/c1-6-10-14(2)13-16(19-17(20)23-18(3,4)5)24(21,22)15-11-8-7-9-12-15/h6-9,11-12,14,16H,1,10,13H2,2-5H3,(H,19,20)/t14?,16-/m1/s1. The van der Waals surface area contributed by atoms with Crippen LogP contribution in [0.25, 0.3) is 0 Å². The van der Waals surface area contributed by atoms with Crippen molar-refractivity contribution in [1.82, 2.24) is 5.32 Å². The summed E-state index contributed by atoms with van der Waals surface area (Å²) in [5, 5.41) is 1.47. The van der Waals surface area contributed by atoms with Crippen LogP contribution >= 0.6 is 0 Å². The number of benzene rings is 1. The molecule has 0 aliphatic rings. The predicted molar refractivity (Wildman–Crippen MR) is 95.4 cm³/mol. The largest absolute Gasteiger partial charge is 0.444 e. The van der Waals surface area contributed by atoms with Crippen LogP contribution in [0.15, 0.2) is 47.9 Å². The predicted octanol–water partition coefficient (Wildman–Crippen LogP) is 3.91. The Morgan fingerprint density at radius 1 is 1.29 bits per heavy atom. The maximum Gasteiger partial charge on any atom is 0.408 e. The maximum absolute atomic E-state index is 12.9. The van der Waals surface area contributed by atoms with E-state index in [-0.39, 0.29) is 17.2 Å². The van der Waals surface area contributed by atoms with Gasteiger partial charge in [0, 0.05) is 0 Å². The molecule has 1 unspecified atom stereocenters. The lowest BCUT2D eigenvalue weighted by Crippen LogP contribution is -2.44. The highest BCUT2D eigenvalue weighted by molar-refractivity contribution is 7.92. The summed E-state index contributed by atoms with van der Waals surface area (Å²) in [7, 11) is -3.71. The highest BCUT2D eigenvalue weighted by atomic mass is 32.2. The lowest BCUT2D eigenvalue weighted by atomic mass is 10.0. The number of sulfone groups is 1. The first-order valence-electron chi connectivity index (χ1n) is 7.95. The molecule has 24 heavy (non-hydrogen) atoms. The molecule has 0 bridgehead atoms. The number of carbonyl (C=O) groups is 1. The van der Waals surface area contributed by atoms with E-state index < -0.39 is 26.9 Å². The molecule has 1 amide bonds. The zero-order valence-corrected chi connectivity index (χ0v) is 15.6. The Morgan fingerprint density at radius 3 is 2.38 bits per heavy atom. The summed E-state index contributed by atoms with van der Waals surface area (Å²) < 4.78 is 31.0. The van der Waals surface area contributed by atoms with Gasteiger partial charge in [-0.15, -0.1) is 6.58 Å². The fraction of sp³-hybridized carbons (Fsp3) is 0.500. The van der Waals surface area contributed by atoms with Gasteiger partial charge in [0.1, 0.15) is 11.0 Å².